The Labute approximate surface area is 181 Å². The summed E-state index contributed by atoms with van der Waals surface area (Å²) in [6.45, 7) is 7.24. The van der Waals surface area contributed by atoms with Crippen LogP contribution in [-0.4, -0.2) is 54.2 Å². The number of amides is 2. The number of carbonyl (C=O) groups is 2. The number of fused-ring (bicyclic) bond motifs is 1. The van der Waals surface area contributed by atoms with Crippen molar-refractivity contribution < 1.29 is 18.7 Å². The van der Waals surface area contributed by atoms with Crippen LogP contribution in [0.2, 0.25) is 5.02 Å². The van der Waals surface area contributed by atoms with Gasteiger partial charge in [-0.1, -0.05) is 11.6 Å². The highest BCUT2D eigenvalue weighted by atomic mass is 79.9. The number of piperazine rings is 1. The van der Waals surface area contributed by atoms with Gasteiger partial charge in [-0.2, -0.15) is 0 Å². The van der Waals surface area contributed by atoms with Crippen LogP contribution in [0.1, 0.15) is 20.8 Å². The van der Waals surface area contributed by atoms with Gasteiger partial charge in [-0.15, -0.1) is 0 Å². The van der Waals surface area contributed by atoms with Crippen LogP contribution in [0, 0.1) is 5.82 Å². The molecule has 0 aliphatic carbocycles. The van der Waals surface area contributed by atoms with Crippen LogP contribution in [0.4, 0.5) is 20.6 Å². The number of nitrogens with zero attached hydrogens (tertiary/aromatic N) is 3. The molecule has 0 atom stereocenters. The quantitative estimate of drug-likeness (QED) is 0.513. The molecule has 3 rings (SSSR count). The van der Waals surface area contributed by atoms with Crippen molar-refractivity contribution in [1.29, 1.82) is 0 Å². The first kappa shape index (κ1) is 21.6. The second-order valence-electron chi connectivity index (χ2n) is 7.62. The Morgan fingerprint density at radius 2 is 2.00 bits per heavy atom. The Kier molecular flexibility index (Phi) is 6.19. The van der Waals surface area contributed by atoms with Gasteiger partial charge < -0.3 is 19.9 Å². The second-order valence-corrected chi connectivity index (χ2v) is 8.79. The summed E-state index contributed by atoms with van der Waals surface area (Å²) in [6, 6.07) is 1.34. The summed E-state index contributed by atoms with van der Waals surface area (Å²) in [5, 5.41) is 3.26. The molecule has 2 amide bonds. The lowest BCUT2D eigenvalue weighted by atomic mass is 10.1. The highest BCUT2D eigenvalue weighted by Gasteiger charge is 2.28. The first-order valence-corrected chi connectivity index (χ1v) is 10.2. The van der Waals surface area contributed by atoms with Gasteiger partial charge in [0.15, 0.2) is 0 Å². The van der Waals surface area contributed by atoms with Crippen molar-refractivity contribution in [2.45, 2.75) is 26.4 Å². The van der Waals surface area contributed by atoms with E-state index in [0.717, 1.165) is 0 Å². The smallest absolute Gasteiger partial charge is 0.410 e. The summed E-state index contributed by atoms with van der Waals surface area (Å²) in [5.74, 6) is -0.527. The van der Waals surface area contributed by atoms with Crippen molar-refractivity contribution in [2.24, 2.45) is 0 Å². The summed E-state index contributed by atoms with van der Waals surface area (Å²) in [6.07, 6.45) is 1.66. The second kappa shape index (κ2) is 8.31. The van der Waals surface area contributed by atoms with Gasteiger partial charge in [-0.3, -0.25) is 9.78 Å². The third-order valence-electron chi connectivity index (χ3n) is 4.43. The fraction of sp³-hybridized carbons (Fsp3) is 0.421. The minimum atomic E-state index is -0.571. The third kappa shape index (κ3) is 4.56. The Morgan fingerprint density at radius 1 is 1.34 bits per heavy atom. The maximum Gasteiger partial charge on any atom is 0.410 e. The first-order valence-electron chi connectivity index (χ1n) is 9.01. The molecule has 1 N–H and O–H groups in total. The van der Waals surface area contributed by atoms with Crippen molar-refractivity contribution in [1.82, 2.24) is 9.88 Å². The van der Waals surface area contributed by atoms with Crippen LogP contribution in [0.15, 0.2) is 16.7 Å². The molecule has 0 unspecified atom stereocenters. The van der Waals surface area contributed by atoms with E-state index in [0.29, 0.717) is 54.9 Å². The van der Waals surface area contributed by atoms with Crippen molar-refractivity contribution in [3.8, 4) is 0 Å². The van der Waals surface area contributed by atoms with Crippen molar-refractivity contribution in [2.75, 3.05) is 36.4 Å². The van der Waals surface area contributed by atoms with Crippen LogP contribution in [0.5, 0.6) is 0 Å². The van der Waals surface area contributed by atoms with Crippen molar-refractivity contribution in [3.05, 3.63) is 27.6 Å². The fourth-order valence-corrected chi connectivity index (χ4v) is 3.72. The van der Waals surface area contributed by atoms with Crippen molar-refractivity contribution in [3.63, 3.8) is 0 Å². The average molecular weight is 488 g/mol. The first-order chi connectivity index (χ1) is 13.6. The van der Waals surface area contributed by atoms with E-state index in [1.165, 1.54) is 12.3 Å². The number of aromatic nitrogens is 1. The maximum atomic E-state index is 14.4. The zero-order chi connectivity index (χ0) is 21.3. The molecule has 1 saturated heterocycles. The van der Waals surface area contributed by atoms with Gasteiger partial charge in [0.05, 0.1) is 32.6 Å². The molecule has 7 nitrogen and oxygen atoms in total. The SMILES string of the molecule is CC(C)(C)OC(=O)N1CCN(c2c(NC=O)cnc3c(Cl)c(Br)c(F)cc23)CC1. The minimum absolute atomic E-state index is 0.135. The number of ether oxygens (including phenoxy) is 1. The molecular formula is C19H21BrClFN4O3. The number of benzene rings is 1. The molecule has 1 fully saturated rings. The van der Waals surface area contributed by atoms with Gasteiger partial charge in [0.2, 0.25) is 6.41 Å². The summed E-state index contributed by atoms with van der Waals surface area (Å²) in [4.78, 5) is 31.3. The molecular weight excluding hydrogens is 467 g/mol. The summed E-state index contributed by atoms with van der Waals surface area (Å²) in [5.41, 5.74) is 0.898. The van der Waals surface area contributed by atoms with Crippen LogP contribution in [-0.2, 0) is 9.53 Å². The van der Waals surface area contributed by atoms with Gasteiger partial charge in [-0.05, 0) is 42.8 Å². The number of hydrogen-bond donors (Lipinski definition) is 1. The lowest BCUT2D eigenvalue weighted by Gasteiger charge is -2.37. The van der Waals surface area contributed by atoms with Crippen molar-refractivity contribution >= 4 is 62.3 Å². The van der Waals surface area contributed by atoms with E-state index in [-0.39, 0.29) is 15.6 Å². The van der Waals surface area contributed by atoms with Gasteiger partial charge in [0, 0.05) is 31.6 Å². The van der Waals surface area contributed by atoms with Crippen LogP contribution in [0.25, 0.3) is 10.9 Å². The summed E-state index contributed by atoms with van der Waals surface area (Å²) in [7, 11) is 0. The molecule has 156 valence electrons. The molecule has 1 aliphatic rings. The number of halogens is 3. The molecule has 1 aliphatic heterocycles. The number of hydrogen-bond acceptors (Lipinski definition) is 5. The Morgan fingerprint density at radius 3 is 2.59 bits per heavy atom. The Balaban J connectivity index is 1.94. The van der Waals surface area contributed by atoms with E-state index in [1.54, 1.807) is 4.90 Å². The normalized spacial score (nSPS) is 14.8. The van der Waals surface area contributed by atoms with E-state index < -0.39 is 11.4 Å². The topological polar surface area (TPSA) is 74.8 Å². The lowest BCUT2D eigenvalue weighted by molar-refractivity contribution is -0.105. The molecule has 1 aromatic carbocycles. The zero-order valence-corrected chi connectivity index (χ0v) is 18.6. The standard InChI is InChI=1S/C19H21BrClFN4O3/c1-19(2,3)29-18(28)26-6-4-25(5-7-26)17-11-8-12(22)14(20)15(21)16(11)23-9-13(17)24-10-27/h8-10H,4-7H2,1-3H3,(H,24,27). The number of pyridine rings is 1. The predicted octanol–water partition coefficient (Wildman–Crippen LogP) is 4.42. The molecule has 2 aromatic rings. The van der Waals surface area contributed by atoms with Gasteiger partial charge in [-0.25, -0.2) is 9.18 Å². The van der Waals surface area contributed by atoms with Gasteiger partial charge in [0.25, 0.3) is 0 Å². The average Bonchev–Trinajstić information content (AvgIpc) is 2.65. The molecule has 0 bridgehead atoms. The largest absolute Gasteiger partial charge is 0.444 e. The van der Waals surface area contributed by atoms with E-state index in [9.17, 15) is 14.0 Å². The monoisotopic (exact) mass is 486 g/mol. The van der Waals surface area contributed by atoms with E-state index in [2.05, 4.69) is 26.2 Å². The fourth-order valence-electron chi connectivity index (χ4n) is 3.18. The van der Waals surface area contributed by atoms with E-state index in [4.69, 9.17) is 16.3 Å². The number of anilines is 2. The van der Waals surface area contributed by atoms with E-state index >= 15 is 0 Å². The Hall–Kier alpha value is -2.13. The molecule has 2 heterocycles. The summed E-state index contributed by atoms with van der Waals surface area (Å²) < 4.78 is 19.9. The maximum absolute atomic E-state index is 14.4. The molecule has 29 heavy (non-hydrogen) atoms. The Bertz CT molecular complexity index is 959. The number of carbonyl (C=O) groups excluding carboxylic acids is 2. The van der Waals surface area contributed by atoms with Crippen LogP contribution in [0.3, 0.4) is 0 Å². The molecule has 0 spiro atoms. The van der Waals surface area contributed by atoms with E-state index in [1.807, 2.05) is 25.7 Å². The minimum Gasteiger partial charge on any atom is -0.444 e. The van der Waals surface area contributed by atoms with Gasteiger partial charge in [0.1, 0.15) is 11.4 Å². The summed E-state index contributed by atoms with van der Waals surface area (Å²) >= 11 is 9.40. The molecule has 10 heteroatoms. The number of nitrogens with one attached hydrogen (secondary N) is 1. The van der Waals surface area contributed by atoms with Gasteiger partial charge >= 0.3 is 6.09 Å². The van der Waals surface area contributed by atoms with Crippen LogP contribution >= 0.6 is 27.5 Å². The molecule has 0 saturated carbocycles. The highest BCUT2D eigenvalue weighted by molar-refractivity contribution is 9.10. The molecule has 0 radical (unpaired) electrons. The van der Waals surface area contributed by atoms with Crippen LogP contribution < -0.4 is 10.2 Å². The third-order valence-corrected chi connectivity index (χ3v) is 5.80. The highest BCUT2D eigenvalue weighted by Crippen LogP contribution is 2.40. The lowest BCUT2D eigenvalue weighted by Crippen LogP contribution is -2.50. The zero-order valence-electron chi connectivity index (χ0n) is 16.3. The predicted molar refractivity (Wildman–Crippen MR) is 114 cm³/mol. The number of rotatable bonds is 3. The molecule has 1 aromatic heterocycles.